The summed E-state index contributed by atoms with van der Waals surface area (Å²) < 4.78 is 49.6. The molecule has 1 aromatic heterocycles. The van der Waals surface area contributed by atoms with Gasteiger partial charge >= 0.3 is 12.3 Å². The van der Waals surface area contributed by atoms with E-state index in [0.29, 0.717) is 19.6 Å². The largest absolute Gasteiger partial charge is 0.450 e. The zero-order valence-electron chi connectivity index (χ0n) is 12.9. The fourth-order valence-electron chi connectivity index (χ4n) is 2.78. The van der Waals surface area contributed by atoms with Crippen molar-refractivity contribution in [3.63, 3.8) is 0 Å². The SMILES string of the molecule is CCOc1nc(C(=O)N2CCCc3c2cccc3C(F)(F)F)co1. The average molecular weight is 340 g/mol. The molecule has 0 fully saturated rings. The summed E-state index contributed by atoms with van der Waals surface area (Å²) in [5, 5.41) is 0. The van der Waals surface area contributed by atoms with Gasteiger partial charge in [-0.3, -0.25) is 4.79 Å². The van der Waals surface area contributed by atoms with Gasteiger partial charge in [-0.05, 0) is 37.5 Å². The molecule has 0 N–H and O–H groups in total. The smallest absolute Gasteiger partial charge is 0.416 e. The Kier molecular flexibility index (Phi) is 4.21. The molecule has 2 aromatic rings. The van der Waals surface area contributed by atoms with Gasteiger partial charge in [0.1, 0.15) is 6.26 Å². The molecule has 128 valence electrons. The van der Waals surface area contributed by atoms with E-state index >= 15 is 0 Å². The van der Waals surface area contributed by atoms with Crippen molar-refractivity contribution < 1.29 is 27.1 Å². The second-order valence-electron chi connectivity index (χ2n) is 5.29. The molecule has 1 amide bonds. The molecule has 3 rings (SSSR count). The highest BCUT2D eigenvalue weighted by atomic mass is 19.4. The van der Waals surface area contributed by atoms with Gasteiger partial charge in [-0.1, -0.05) is 6.07 Å². The van der Waals surface area contributed by atoms with Crippen LogP contribution in [0.5, 0.6) is 6.08 Å². The second kappa shape index (κ2) is 6.18. The Hall–Kier alpha value is -2.51. The molecule has 0 radical (unpaired) electrons. The summed E-state index contributed by atoms with van der Waals surface area (Å²) in [5.41, 5.74) is -0.295. The summed E-state index contributed by atoms with van der Waals surface area (Å²) in [6, 6.07) is 3.86. The summed E-state index contributed by atoms with van der Waals surface area (Å²) in [6.45, 7) is 2.39. The zero-order chi connectivity index (χ0) is 17.3. The van der Waals surface area contributed by atoms with E-state index in [1.807, 2.05) is 0 Å². The number of alkyl halides is 3. The van der Waals surface area contributed by atoms with Crippen LogP contribution in [0.25, 0.3) is 0 Å². The van der Waals surface area contributed by atoms with E-state index < -0.39 is 17.6 Å². The van der Waals surface area contributed by atoms with Crippen molar-refractivity contribution in [3.8, 4) is 6.08 Å². The topological polar surface area (TPSA) is 55.6 Å². The maximum Gasteiger partial charge on any atom is 0.416 e. The average Bonchev–Trinajstić information content (AvgIpc) is 3.01. The van der Waals surface area contributed by atoms with Crippen molar-refractivity contribution >= 4 is 11.6 Å². The number of ether oxygens (including phenoxy) is 1. The first-order valence-corrected chi connectivity index (χ1v) is 7.51. The first-order chi connectivity index (χ1) is 11.4. The van der Waals surface area contributed by atoms with Crippen LogP contribution in [0.1, 0.15) is 35.0 Å². The van der Waals surface area contributed by atoms with E-state index in [-0.39, 0.29) is 29.4 Å². The van der Waals surface area contributed by atoms with Gasteiger partial charge in [0.15, 0.2) is 5.69 Å². The molecule has 0 unspecified atom stereocenters. The molecular formula is C16H15F3N2O3. The number of halogens is 3. The number of benzene rings is 1. The lowest BCUT2D eigenvalue weighted by Gasteiger charge is -2.30. The lowest BCUT2D eigenvalue weighted by atomic mass is 9.95. The molecule has 24 heavy (non-hydrogen) atoms. The highest BCUT2D eigenvalue weighted by Gasteiger charge is 2.37. The van der Waals surface area contributed by atoms with Crippen LogP contribution in [0.3, 0.4) is 0 Å². The number of carbonyl (C=O) groups is 1. The number of aromatic nitrogens is 1. The van der Waals surface area contributed by atoms with Crippen LogP contribution in [-0.2, 0) is 12.6 Å². The van der Waals surface area contributed by atoms with Crippen molar-refractivity contribution in [1.29, 1.82) is 0 Å². The van der Waals surface area contributed by atoms with Gasteiger partial charge in [-0.25, -0.2) is 0 Å². The summed E-state index contributed by atoms with van der Waals surface area (Å²) >= 11 is 0. The summed E-state index contributed by atoms with van der Waals surface area (Å²) in [4.78, 5) is 17.8. The van der Waals surface area contributed by atoms with Crippen LogP contribution in [0, 0.1) is 0 Å². The third kappa shape index (κ3) is 2.95. The number of oxazole rings is 1. The van der Waals surface area contributed by atoms with Gasteiger partial charge in [0, 0.05) is 12.2 Å². The molecule has 0 bridgehead atoms. The number of rotatable bonds is 3. The number of hydrogen-bond donors (Lipinski definition) is 0. The minimum Gasteiger partial charge on any atom is -0.450 e. The van der Waals surface area contributed by atoms with Crippen LogP contribution >= 0.6 is 0 Å². The van der Waals surface area contributed by atoms with Crippen LogP contribution in [0.4, 0.5) is 18.9 Å². The predicted octanol–water partition coefficient (Wildman–Crippen LogP) is 3.69. The molecule has 0 saturated carbocycles. The third-order valence-corrected chi connectivity index (χ3v) is 3.77. The van der Waals surface area contributed by atoms with Crippen LogP contribution in [0.2, 0.25) is 0 Å². The fraction of sp³-hybridized carbons (Fsp3) is 0.375. The Morgan fingerprint density at radius 3 is 2.92 bits per heavy atom. The molecule has 0 atom stereocenters. The number of nitrogens with zero attached hydrogens (tertiary/aromatic N) is 2. The molecule has 0 spiro atoms. The highest BCUT2D eigenvalue weighted by molar-refractivity contribution is 6.05. The van der Waals surface area contributed by atoms with Crippen LogP contribution < -0.4 is 9.64 Å². The Bertz CT molecular complexity index is 755. The monoisotopic (exact) mass is 340 g/mol. The van der Waals surface area contributed by atoms with Crippen molar-refractivity contribution in [2.75, 3.05) is 18.1 Å². The normalized spacial score (nSPS) is 14.4. The first kappa shape index (κ1) is 16.4. The number of carbonyl (C=O) groups excluding carboxylic acids is 1. The Morgan fingerprint density at radius 2 is 2.21 bits per heavy atom. The van der Waals surface area contributed by atoms with E-state index in [9.17, 15) is 18.0 Å². The molecule has 0 saturated heterocycles. The third-order valence-electron chi connectivity index (χ3n) is 3.77. The molecule has 5 nitrogen and oxygen atoms in total. The van der Waals surface area contributed by atoms with Crippen molar-refractivity contribution in [1.82, 2.24) is 4.98 Å². The van der Waals surface area contributed by atoms with Crippen LogP contribution in [0.15, 0.2) is 28.9 Å². The minimum absolute atomic E-state index is 0.00344. The van der Waals surface area contributed by atoms with Gasteiger partial charge in [0.05, 0.1) is 12.2 Å². The van der Waals surface area contributed by atoms with Gasteiger partial charge in [0.2, 0.25) is 0 Å². The number of amides is 1. The zero-order valence-corrected chi connectivity index (χ0v) is 12.9. The first-order valence-electron chi connectivity index (χ1n) is 7.51. The minimum atomic E-state index is -4.45. The molecule has 0 aliphatic carbocycles. The fourth-order valence-corrected chi connectivity index (χ4v) is 2.78. The van der Waals surface area contributed by atoms with E-state index in [1.54, 1.807) is 6.92 Å². The number of anilines is 1. The maximum atomic E-state index is 13.2. The lowest BCUT2D eigenvalue weighted by Crippen LogP contribution is -2.36. The molecule has 8 heteroatoms. The Labute approximate surface area is 136 Å². The molecule has 2 heterocycles. The quantitative estimate of drug-likeness (QED) is 0.855. The van der Waals surface area contributed by atoms with E-state index in [2.05, 4.69) is 4.98 Å². The van der Waals surface area contributed by atoms with Gasteiger partial charge in [-0.15, -0.1) is 0 Å². The molecule has 1 aromatic carbocycles. The van der Waals surface area contributed by atoms with Crippen LogP contribution in [-0.4, -0.2) is 24.0 Å². The molecule has 1 aliphatic rings. The number of hydrogen-bond acceptors (Lipinski definition) is 4. The van der Waals surface area contributed by atoms with Gasteiger partial charge in [-0.2, -0.15) is 18.2 Å². The Balaban J connectivity index is 1.96. The van der Waals surface area contributed by atoms with Crippen molar-refractivity contribution in [3.05, 3.63) is 41.3 Å². The summed E-state index contributed by atoms with van der Waals surface area (Å²) in [5.74, 6) is -0.509. The van der Waals surface area contributed by atoms with Crippen molar-refractivity contribution in [2.24, 2.45) is 0 Å². The van der Waals surface area contributed by atoms with Gasteiger partial charge < -0.3 is 14.1 Å². The molecule has 1 aliphatic heterocycles. The summed E-state index contributed by atoms with van der Waals surface area (Å²) in [7, 11) is 0. The van der Waals surface area contributed by atoms with E-state index in [0.717, 1.165) is 12.3 Å². The Morgan fingerprint density at radius 1 is 1.42 bits per heavy atom. The molecular weight excluding hydrogens is 325 g/mol. The lowest BCUT2D eigenvalue weighted by molar-refractivity contribution is -0.138. The van der Waals surface area contributed by atoms with Crippen molar-refractivity contribution in [2.45, 2.75) is 25.9 Å². The predicted molar refractivity (Wildman–Crippen MR) is 79.1 cm³/mol. The van der Waals surface area contributed by atoms with E-state index in [1.165, 1.54) is 17.0 Å². The summed E-state index contributed by atoms with van der Waals surface area (Å²) in [6.07, 6.45) is -2.62. The maximum absolute atomic E-state index is 13.2. The second-order valence-corrected chi connectivity index (χ2v) is 5.29. The highest BCUT2D eigenvalue weighted by Crippen LogP contribution is 2.39. The van der Waals surface area contributed by atoms with E-state index in [4.69, 9.17) is 9.15 Å². The number of fused-ring (bicyclic) bond motifs is 1. The van der Waals surface area contributed by atoms with Gasteiger partial charge in [0.25, 0.3) is 5.91 Å². The standard InChI is InChI=1S/C16H15F3N2O3/c1-2-23-15-20-12(9-24-15)14(22)21-8-4-5-10-11(16(17,18)19)6-3-7-13(10)21/h3,6-7,9H,2,4-5,8H2,1H3.